The van der Waals surface area contributed by atoms with Gasteiger partial charge >= 0.3 is 0 Å². The number of aldehydes is 1. The van der Waals surface area contributed by atoms with E-state index < -0.39 is 0 Å². The van der Waals surface area contributed by atoms with Gasteiger partial charge in [0.05, 0.1) is 5.52 Å². The summed E-state index contributed by atoms with van der Waals surface area (Å²) in [5.41, 5.74) is 1.95. The SMILES string of the molecule is O=Cc1cn(CC2CCC2)c2c(Br)cccc12. The minimum absolute atomic E-state index is 0.789. The quantitative estimate of drug-likeness (QED) is 0.783. The zero-order valence-corrected chi connectivity index (χ0v) is 11.1. The van der Waals surface area contributed by atoms with Crippen LogP contribution in [0.5, 0.6) is 0 Å². The van der Waals surface area contributed by atoms with Crippen molar-refractivity contribution >= 4 is 33.1 Å². The number of para-hydroxylation sites is 1. The van der Waals surface area contributed by atoms with E-state index in [1.807, 2.05) is 24.4 Å². The second kappa shape index (κ2) is 4.30. The van der Waals surface area contributed by atoms with Gasteiger partial charge in [-0.1, -0.05) is 18.6 Å². The number of hydrogen-bond donors (Lipinski definition) is 0. The molecule has 0 atom stereocenters. The Kier molecular flexibility index (Phi) is 2.79. The van der Waals surface area contributed by atoms with E-state index in [2.05, 4.69) is 20.5 Å². The molecule has 1 saturated carbocycles. The van der Waals surface area contributed by atoms with Gasteiger partial charge in [0.25, 0.3) is 0 Å². The average molecular weight is 292 g/mol. The van der Waals surface area contributed by atoms with Gasteiger partial charge in [0.15, 0.2) is 6.29 Å². The summed E-state index contributed by atoms with van der Waals surface area (Å²) in [6.07, 6.45) is 6.93. The van der Waals surface area contributed by atoms with Crippen LogP contribution < -0.4 is 0 Å². The van der Waals surface area contributed by atoms with Crippen molar-refractivity contribution in [1.82, 2.24) is 4.57 Å². The highest BCUT2D eigenvalue weighted by Gasteiger charge is 2.20. The van der Waals surface area contributed by atoms with Crippen LogP contribution in [0.25, 0.3) is 10.9 Å². The van der Waals surface area contributed by atoms with Crippen molar-refractivity contribution in [1.29, 1.82) is 0 Å². The monoisotopic (exact) mass is 291 g/mol. The Morgan fingerprint density at radius 3 is 2.88 bits per heavy atom. The van der Waals surface area contributed by atoms with Gasteiger partial charge < -0.3 is 4.57 Å². The van der Waals surface area contributed by atoms with E-state index in [4.69, 9.17) is 0 Å². The second-order valence-electron chi connectivity index (χ2n) is 4.79. The zero-order chi connectivity index (χ0) is 11.8. The summed E-state index contributed by atoms with van der Waals surface area (Å²) in [5.74, 6) is 0.789. The van der Waals surface area contributed by atoms with Crippen molar-refractivity contribution in [3.8, 4) is 0 Å². The molecule has 0 radical (unpaired) electrons. The maximum absolute atomic E-state index is 11.1. The van der Waals surface area contributed by atoms with Crippen LogP contribution in [0.4, 0.5) is 0 Å². The van der Waals surface area contributed by atoms with Crippen LogP contribution in [0.15, 0.2) is 28.9 Å². The summed E-state index contributed by atoms with van der Waals surface area (Å²) in [5, 5.41) is 1.05. The third kappa shape index (κ3) is 1.82. The standard InChI is InChI=1S/C14H14BrNO/c15-13-6-2-5-12-11(9-17)8-16(14(12)13)7-10-3-1-4-10/h2,5-6,8-10H,1,3-4,7H2. The highest BCUT2D eigenvalue weighted by molar-refractivity contribution is 9.10. The molecule has 0 aliphatic heterocycles. The summed E-state index contributed by atoms with van der Waals surface area (Å²) >= 11 is 3.58. The molecule has 1 aliphatic carbocycles. The molecule has 2 aromatic rings. The molecule has 0 bridgehead atoms. The Labute approximate surface area is 109 Å². The lowest BCUT2D eigenvalue weighted by Crippen LogP contribution is -2.17. The maximum Gasteiger partial charge on any atom is 0.152 e. The summed E-state index contributed by atoms with van der Waals surface area (Å²) in [4.78, 5) is 11.1. The molecule has 1 aromatic heterocycles. The Bertz CT molecular complexity index is 569. The smallest absolute Gasteiger partial charge is 0.152 e. The predicted molar refractivity (Wildman–Crippen MR) is 72.4 cm³/mol. The first kappa shape index (κ1) is 11.0. The normalized spacial score (nSPS) is 16.1. The van der Waals surface area contributed by atoms with Crippen LogP contribution in [-0.2, 0) is 6.54 Å². The summed E-state index contributed by atoms with van der Waals surface area (Å²) < 4.78 is 3.30. The largest absolute Gasteiger partial charge is 0.346 e. The lowest BCUT2D eigenvalue weighted by atomic mass is 9.85. The Morgan fingerprint density at radius 2 is 2.24 bits per heavy atom. The molecule has 17 heavy (non-hydrogen) atoms. The molecule has 1 aromatic carbocycles. The van der Waals surface area contributed by atoms with Gasteiger partial charge in [0.1, 0.15) is 0 Å². The van der Waals surface area contributed by atoms with Gasteiger partial charge in [-0.15, -0.1) is 0 Å². The Morgan fingerprint density at radius 1 is 1.41 bits per heavy atom. The number of benzene rings is 1. The third-order valence-corrected chi connectivity index (χ3v) is 4.33. The molecule has 0 N–H and O–H groups in total. The Hall–Kier alpha value is -1.09. The molecule has 0 saturated heterocycles. The molecule has 1 heterocycles. The molecule has 0 unspecified atom stereocenters. The van der Waals surface area contributed by atoms with Gasteiger partial charge in [0.2, 0.25) is 0 Å². The molecule has 0 amide bonds. The minimum atomic E-state index is 0.789. The minimum Gasteiger partial charge on any atom is -0.346 e. The summed E-state index contributed by atoms with van der Waals surface area (Å²) in [7, 11) is 0. The van der Waals surface area contributed by atoms with Crippen molar-refractivity contribution in [3.63, 3.8) is 0 Å². The van der Waals surface area contributed by atoms with Crippen LogP contribution in [0.1, 0.15) is 29.6 Å². The number of carbonyl (C=O) groups excluding carboxylic acids is 1. The van der Waals surface area contributed by atoms with E-state index in [0.29, 0.717) is 0 Å². The average Bonchev–Trinajstić information content (AvgIpc) is 2.63. The highest BCUT2D eigenvalue weighted by atomic mass is 79.9. The van der Waals surface area contributed by atoms with E-state index in [0.717, 1.165) is 39.7 Å². The Balaban J connectivity index is 2.12. The number of nitrogens with zero attached hydrogens (tertiary/aromatic N) is 1. The van der Waals surface area contributed by atoms with E-state index in [-0.39, 0.29) is 0 Å². The van der Waals surface area contributed by atoms with Crippen molar-refractivity contribution < 1.29 is 4.79 Å². The van der Waals surface area contributed by atoms with E-state index >= 15 is 0 Å². The predicted octanol–water partition coefficient (Wildman–Crippen LogP) is 4.02. The summed E-state index contributed by atoms with van der Waals surface area (Å²) in [6.45, 7) is 1.03. The van der Waals surface area contributed by atoms with Crippen molar-refractivity contribution in [2.45, 2.75) is 25.8 Å². The van der Waals surface area contributed by atoms with Gasteiger partial charge in [0, 0.05) is 28.2 Å². The second-order valence-corrected chi connectivity index (χ2v) is 5.64. The summed E-state index contributed by atoms with van der Waals surface area (Å²) in [6, 6.07) is 6.03. The van der Waals surface area contributed by atoms with Crippen molar-refractivity contribution in [3.05, 3.63) is 34.4 Å². The zero-order valence-electron chi connectivity index (χ0n) is 9.53. The van der Waals surface area contributed by atoms with E-state index in [1.54, 1.807) is 0 Å². The van der Waals surface area contributed by atoms with Crippen LogP contribution in [-0.4, -0.2) is 10.9 Å². The molecule has 3 rings (SSSR count). The fraction of sp³-hybridized carbons (Fsp3) is 0.357. The van der Waals surface area contributed by atoms with E-state index in [1.165, 1.54) is 19.3 Å². The maximum atomic E-state index is 11.1. The van der Waals surface area contributed by atoms with Gasteiger partial charge in [-0.25, -0.2) is 0 Å². The number of fused-ring (bicyclic) bond motifs is 1. The topological polar surface area (TPSA) is 22.0 Å². The number of hydrogen-bond acceptors (Lipinski definition) is 1. The molecule has 3 heteroatoms. The molecule has 88 valence electrons. The first-order valence-electron chi connectivity index (χ1n) is 6.02. The number of halogens is 1. The number of rotatable bonds is 3. The molecular weight excluding hydrogens is 278 g/mol. The van der Waals surface area contributed by atoms with Crippen LogP contribution >= 0.6 is 15.9 Å². The van der Waals surface area contributed by atoms with Crippen LogP contribution in [0.2, 0.25) is 0 Å². The molecule has 1 fully saturated rings. The van der Waals surface area contributed by atoms with Gasteiger partial charge in [-0.05, 0) is 40.8 Å². The molecule has 1 aliphatic rings. The lowest BCUT2D eigenvalue weighted by molar-refractivity contribution is 0.112. The van der Waals surface area contributed by atoms with Gasteiger partial charge in [-0.3, -0.25) is 4.79 Å². The highest BCUT2D eigenvalue weighted by Crippen LogP contribution is 2.32. The van der Waals surface area contributed by atoms with Crippen molar-refractivity contribution in [2.75, 3.05) is 0 Å². The first-order chi connectivity index (χ1) is 8.29. The first-order valence-corrected chi connectivity index (χ1v) is 6.81. The molecular formula is C14H14BrNO. The van der Waals surface area contributed by atoms with Gasteiger partial charge in [-0.2, -0.15) is 0 Å². The fourth-order valence-electron chi connectivity index (χ4n) is 2.53. The number of carbonyl (C=O) groups is 1. The third-order valence-electron chi connectivity index (χ3n) is 3.69. The fourth-order valence-corrected chi connectivity index (χ4v) is 3.13. The molecule has 0 spiro atoms. The van der Waals surface area contributed by atoms with Crippen molar-refractivity contribution in [2.24, 2.45) is 5.92 Å². The van der Waals surface area contributed by atoms with Crippen LogP contribution in [0.3, 0.4) is 0 Å². The van der Waals surface area contributed by atoms with E-state index in [9.17, 15) is 4.79 Å². The lowest BCUT2D eigenvalue weighted by Gasteiger charge is -2.26. The molecule has 2 nitrogen and oxygen atoms in total. The number of aromatic nitrogens is 1. The van der Waals surface area contributed by atoms with Crippen LogP contribution in [0, 0.1) is 5.92 Å².